The maximum absolute atomic E-state index is 13.0. The first-order chi connectivity index (χ1) is 13.9. The third-order valence-electron chi connectivity index (χ3n) is 4.96. The van der Waals surface area contributed by atoms with Gasteiger partial charge in [-0.1, -0.05) is 17.3 Å². The lowest BCUT2D eigenvalue weighted by atomic mass is 10.0. The molecule has 0 aliphatic carbocycles. The van der Waals surface area contributed by atoms with Crippen LogP contribution in [0.25, 0.3) is 0 Å². The highest BCUT2D eigenvalue weighted by molar-refractivity contribution is 5.81. The predicted molar refractivity (Wildman–Crippen MR) is 104 cm³/mol. The number of benzene rings is 1. The van der Waals surface area contributed by atoms with Crippen LogP contribution in [0.4, 0.5) is 0 Å². The zero-order valence-electron chi connectivity index (χ0n) is 16.1. The van der Waals surface area contributed by atoms with E-state index in [2.05, 4.69) is 15.6 Å². The second-order valence-electron chi connectivity index (χ2n) is 7.12. The minimum absolute atomic E-state index is 0.133. The number of aromatic hydroxyl groups is 1. The predicted octanol–water partition coefficient (Wildman–Crippen LogP) is 0.0639. The maximum atomic E-state index is 13.0. The summed E-state index contributed by atoms with van der Waals surface area (Å²) in [5, 5.41) is 29.8. The third kappa shape index (κ3) is 5.52. The summed E-state index contributed by atoms with van der Waals surface area (Å²) in [6.45, 7) is 2.56. The van der Waals surface area contributed by atoms with Crippen LogP contribution in [0, 0.1) is 0 Å². The van der Waals surface area contributed by atoms with Gasteiger partial charge >= 0.3 is 5.97 Å². The van der Waals surface area contributed by atoms with E-state index in [0.717, 1.165) is 5.56 Å². The molecule has 29 heavy (non-hydrogen) atoms. The average Bonchev–Trinajstić information content (AvgIpc) is 3.20. The number of amides is 1. The maximum Gasteiger partial charge on any atom is 0.303 e. The van der Waals surface area contributed by atoms with Crippen LogP contribution < -0.4 is 11.1 Å². The van der Waals surface area contributed by atoms with Gasteiger partial charge in [-0.2, -0.15) is 0 Å². The van der Waals surface area contributed by atoms with Gasteiger partial charge in [-0.25, -0.2) is 4.68 Å². The van der Waals surface area contributed by atoms with Gasteiger partial charge in [-0.15, -0.1) is 5.10 Å². The Labute approximate surface area is 168 Å². The largest absolute Gasteiger partial charge is 0.508 e. The molecule has 2 aromatic rings. The van der Waals surface area contributed by atoms with Gasteiger partial charge in [0.2, 0.25) is 5.91 Å². The summed E-state index contributed by atoms with van der Waals surface area (Å²) < 4.78 is 1.43. The molecule has 3 rings (SSSR count). The summed E-state index contributed by atoms with van der Waals surface area (Å²) in [5.41, 5.74) is 7.70. The fraction of sp³-hybridized carbons (Fsp3) is 0.474. The van der Waals surface area contributed by atoms with Crippen molar-refractivity contribution in [3.8, 4) is 5.75 Å². The van der Waals surface area contributed by atoms with Crippen molar-refractivity contribution in [2.24, 2.45) is 5.73 Å². The van der Waals surface area contributed by atoms with Crippen molar-refractivity contribution < 1.29 is 19.8 Å². The van der Waals surface area contributed by atoms with Gasteiger partial charge in [0.25, 0.3) is 0 Å². The second kappa shape index (κ2) is 9.48. The second-order valence-corrected chi connectivity index (χ2v) is 7.12. The van der Waals surface area contributed by atoms with Crippen molar-refractivity contribution in [3.63, 3.8) is 0 Å². The van der Waals surface area contributed by atoms with E-state index in [9.17, 15) is 14.7 Å². The normalized spacial score (nSPS) is 16.4. The number of phenols is 1. The zero-order valence-corrected chi connectivity index (χ0v) is 16.1. The Hall–Kier alpha value is -2.98. The zero-order chi connectivity index (χ0) is 20.8. The van der Waals surface area contributed by atoms with E-state index in [1.54, 1.807) is 35.4 Å². The van der Waals surface area contributed by atoms with Crippen LogP contribution in [0.3, 0.4) is 0 Å². The molecule has 2 heterocycles. The number of nitrogens with zero attached hydrogens (tertiary/aromatic N) is 4. The van der Waals surface area contributed by atoms with Crippen molar-refractivity contribution in [2.75, 3.05) is 26.2 Å². The van der Waals surface area contributed by atoms with Gasteiger partial charge in [-0.3, -0.25) is 9.59 Å². The van der Waals surface area contributed by atoms with Crippen LogP contribution in [0.2, 0.25) is 0 Å². The van der Waals surface area contributed by atoms with Crippen LogP contribution in [0.5, 0.6) is 5.75 Å². The first kappa shape index (κ1) is 20.7. The van der Waals surface area contributed by atoms with Crippen LogP contribution >= 0.6 is 0 Å². The molecule has 5 N–H and O–H groups in total. The fourth-order valence-corrected chi connectivity index (χ4v) is 3.33. The number of hydrogen-bond acceptors (Lipinski definition) is 7. The Morgan fingerprint density at radius 3 is 2.55 bits per heavy atom. The monoisotopic (exact) mass is 402 g/mol. The molecule has 1 aromatic heterocycles. The number of carboxylic acids is 1. The average molecular weight is 402 g/mol. The molecule has 0 spiro atoms. The molecule has 1 amide bonds. The molecule has 1 aliphatic heterocycles. The molecule has 1 aliphatic rings. The Morgan fingerprint density at radius 1 is 1.21 bits per heavy atom. The Kier molecular flexibility index (Phi) is 6.78. The number of aliphatic carboxylic acids is 1. The number of hydrogen-bond donors (Lipinski definition) is 4. The number of rotatable bonds is 8. The summed E-state index contributed by atoms with van der Waals surface area (Å²) >= 11 is 0. The molecule has 1 aromatic carbocycles. The van der Waals surface area contributed by atoms with E-state index in [1.807, 2.05) is 0 Å². The van der Waals surface area contributed by atoms with E-state index in [0.29, 0.717) is 38.3 Å². The van der Waals surface area contributed by atoms with E-state index in [-0.39, 0.29) is 24.5 Å². The van der Waals surface area contributed by atoms with E-state index in [1.165, 1.54) is 4.68 Å². The molecule has 10 heteroatoms. The van der Waals surface area contributed by atoms with Gasteiger partial charge in [0.1, 0.15) is 11.8 Å². The number of nitrogens with two attached hydrogens (primary N) is 1. The molecule has 1 saturated heterocycles. The molecule has 10 nitrogen and oxygen atoms in total. The van der Waals surface area contributed by atoms with Crippen LogP contribution in [-0.4, -0.2) is 68.2 Å². The highest BCUT2D eigenvalue weighted by atomic mass is 16.4. The minimum atomic E-state index is -0.965. The topological polar surface area (TPSA) is 147 Å². The lowest BCUT2D eigenvalue weighted by molar-refractivity contribution is -0.139. The smallest absolute Gasteiger partial charge is 0.303 e. The number of carbonyl (C=O) groups excluding carboxylic acids is 1. The van der Waals surface area contributed by atoms with Crippen molar-refractivity contribution in [2.45, 2.75) is 31.3 Å². The quantitative estimate of drug-likeness (QED) is 0.485. The van der Waals surface area contributed by atoms with Gasteiger partial charge in [0.05, 0.1) is 17.9 Å². The summed E-state index contributed by atoms with van der Waals surface area (Å²) in [5.74, 6) is -0.940. The molecule has 2 atom stereocenters. The fourth-order valence-electron chi connectivity index (χ4n) is 3.33. The van der Waals surface area contributed by atoms with Crippen LogP contribution in [-0.2, 0) is 16.0 Å². The van der Waals surface area contributed by atoms with Crippen molar-refractivity contribution in [1.82, 2.24) is 25.2 Å². The van der Waals surface area contributed by atoms with E-state index < -0.39 is 18.1 Å². The van der Waals surface area contributed by atoms with Gasteiger partial charge in [-0.05, 0) is 30.5 Å². The number of phenolic OH excluding ortho intramolecular Hbond substituents is 1. The Bertz CT molecular complexity index is 831. The van der Waals surface area contributed by atoms with Crippen molar-refractivity contribution in [3.05, 3.63) is 41.7 Å². The summed E-state index contributed by atoms with van der Waals surface area (Å²) in [6, 6.07) is 5.57. The third-order valence-corrected chi connectivity index (χ3v) is 4.96. The highest BCUT2D eigenvalue weighted by Gasteiger charge is 2.29. The van der Waals surface area contributed by atoms with Gasteiger partial charge in [0, 0.05) is 32.6 Å². The molecule has 0 bridgehead atoms. The minimum Gasteiger partial charge on any atom is -0.508 e. The lowest BCUT2D eigenvalue weighted by Gasteiger charge is -2.30. The molecule has 0 radical (unpaired) electrons. The van der Waals surface area contributed by atoms with Gasteiger partial charge in [0.15, 0.2) is 0 Å². The number of piperazine rings is 1. The first-order valence-corrected chi connectivity index (χ1v) is 9.60. The van der Waals surface area contributed by atoms with Crippen molar-refractivity contribution >= 4 is 11.9 Å². The van der Waals surface area contributed by atoms with Gasteiger partial charge < -0.3 is 26.2 Å². The summed E-state index contributed by atoms with van der Waals surface area (Å²) in [7, 11) is 0. The molecular weight excluding hydrogens is 376 g/mol. The van der Waals surface area contributed by atoms with Crippen LogP contribution in [0.1, 0.15) is 36.2 Å². The lowest BCUT2D eigenvalue weighted by Crippen LogP contribution is -2.48. The van der Waals surface area contributed by atoms with E-state index >= 15 is 0 Å². The molecular formula is C19H26N6O4. The molecule has 1 unspecified atom stereocenters. The number of nitrogens with one attached hydrogen (secondary N) is 1. The van der Waals surface area contributed by atoms with Crippen LogP contribution in [0.15, 0.2) is 30.5 Å². The number of carbonyl (C=O) groups is 2. The standard InChI is InChI=1S/C19H26N6O4/c20-15(11-13-1-3-14(26)4-2-13)16-12-25(23-22-16)17(5-6-18(27)28)19(29)24-9-7-21-8-10-24/h1-4,12,15,17,21,26H,5-11,20H2,(H,27,28)/t15?,17-/m0/s1. The Balaban J connectivity index is 1.73. The van der Waals surface area contributed by atoms with E-state index in [4.69, 9.17) is 10.8 Å². The Morgan fingerprint density at radius 2 is 1.90 bits per heavy atom. The first-order valence-electron chi connectivity index (χ1n) is 9.60. The number of aromatic nitrogens is 3. The molecule has 156 valence electrons. The molecule has 0 saturated carbocycles. The summed E-state index contributed by atoms with van der Waals surface area (Å²) in [4.78, 5) is 25.8. The van der Waals surface area contributed by atoms with Crippen molar-refractivity contribution in [1.29, 1.82) is 0 Å². The highest BCUT2D eigenvalue weighted by Crippen LogP contribution is 2.21. The SMILES string of the molecule is NC(Cc1ccc(O)cc1)c1cn([C@@H](CCC(=O)O)C(=O)N2CCNCC2)nn1. The number of carboxylic acid groups (broad SMARTS) is 1. The summed E-state index contributed by atoms with van der Waals surface area (Å²) in [6.07, 6.45) is 2.10. The molecule has 1 fully saturated rings.